The van der Waals surface area contributed by atoms with E-state index in [4.69, 9.17) is 5.73 Å². The van der Waals surface area contributed by atoms with E-state index < -0.39 is 28.9 Å². The Morgan fingerprint density at radius 1 is 0.875 bits per heavy atom. The molecule has 2 aromatic heterocycles. The Balaban J connectivity index is 1.51. The number of pyridine rings is 1. The van der Waals surface area contributed by atoms with Gasteiger partial charge in [-0.15, -0.1) is 0 Å². The summed E-state index contributed by atoms with van der Waals surface area (Å²) in [6.07, 6.45) is 3.57. The summed E-state index contributed by atoms with van der Waals surface area (Å²) in [5, 5.41) is 0. The lowest BCUT2D eigenvalue weighted by Gasteiger charge is -2.36. The molecule has 0 spiro atoms. The fourth-order valence-corrected chi connectivity index (χ4v) is 5.22. The molecule has 1 atom stereocenters. The van der Waals surface area contributed by atoms with E-state index in [2.05, 4.69) is 9.88 Å². The summed E-state index contributed by atoms with van der Waals surface area (Å²) < 4.78 is 31.6. The molecule has 3 heterocycles. The van der Waals surface area contributed by atoms with Crippen LogP contribution in [-0.2, 0) is 19.6 Å². The second kappa shape index (κ2) is 11.9. The quantitative estimate of drug-likeness (QED) is 0.366. The molecule has 1 saturated heterocycles. The molecule has 0 bridgehead atoms. The SMILES string of the molecule is Cc1c(N2CCN(Cc3cccnc3)CC2)c(=O)n(CC(N)c2ccccc2)c(=O)n1Cc1c(F)cccc1F. The molecule has 10 heteroatoms. The van der Waals surface area contributed by atoms with Gasteiger partial charge in [0.05, 0.1) is 13.1 Å². The minimum Gasteiger partial charge on any atom is -0.363 e. The summed E-state index contributed by atoms with van der Waals surface area (Å²) in [4.78, 5) is 36.0. The smallest absolute Gasteiger partial charge is 0.331 e. The molecule has 0 radical (unpaired) electrons. The predicted molar refractivity (Wildman–Crippen MR) is 150 cm³/mol. The molecule has 0 saturated carbocycles. The van der Waals surface area contributed by atoms with E-state index in [9.17, 15) is 18.4 Å². The third kappa shape index (κ3) is 5.73. The third-order valence-corrected chi connectivity index (χ3v) is 7.46. The van der Waals surface area contributed by atoms with Crippen LogP contribution in [0.3, 0.4) is 0 Å². The maximum atomic E-state index is 14.6. The van der Waals surface area contributed by atoms with Crippen molar-refractivity contribution >= 4 is 5.69 Å². The summed E-state index contributed by atoms with van der Waals surface area (Å²) >= 11 is 0. The van der Waals surface area contributed by atoms with Crippen molar-refractivity contribution in [3.8, 4) is 0 Å². The lowest BCUT2D eigenvalue weighted by Crippen LogP contribution is -2.51. The molecule has 2 aromatic carbocycles. The van der Waals surface area contributed by atoms with Gasteiger partial charge in [-0.25, -0.2) is 13.6 Å². The number of nitrogens with two attached hydrogens (primary N) is 1. The van der Waals surface area contributed by atoms with Crippen LogP contribution in [0.25, 0.3) is 0 Å². The fraction of sp³-hybridized carbons (Fsp3) is 0.300. The molecule has 1 aliphatic heterocycles. The average Bonchev–Trinajstić information content (AvgIpc) is 2.96. The highest BCUT2D eigenvalue weighted by Crippen LogP contribution is 2.21. The van der Waals surface area contributed by atoms with Crippen LogP contribution in [0.1, 0.15) is 28.4 Å². The number of hydrogen-bond acceptors (Lipinski definition) is 6. The first-order valence-corrected chi connectivity index (χ1v) is 13.3. The van der Waals surface area contributed by atoms with Gasteiger partial charge in [-0.2, -0.15) is 0 Å². The van der Waals surface area contributed by atoms with Crippen LogP contribution in [0, 0.1) is 18.6 Å². The van der Waals surface area contributed by atoms with Crippen LogP contribution in [0.2, 0.25) is 0 Å². The van der Waals surface area contributed by atoms with Gasteiger partial charge in [-0.05, 0) is 36.2 Å². The van der Waals surface area contributed by atoms with Gasteiger partial charge in [0.25, 0.3) is 5.56 Å². The molecule has 208 valence electrons. The van der Waals surface area contributed by atoms with Gasteiger partial charge in [-0.3, -0.25) is 23.8 Å². The minimum absolute atomic E-state index is 0.0737. The number of rotatable bonds is 8. The summed E-state index contributed by atoms with van der Waals surface area (Å²) in [5.41, 5.74) is 7.65. The number of halogens is 2. The van der Waals surface area contributed by atoms with Crippen molar-refractivity contribution in [2.45, 2.75) is 32.6 Å². The van der Waals surface area contributed by atoms with Gasteiger partial charge < -0.3 is 10.6 Å². The molecule has 1 fully saturated rings. The Kier molecular flexibility index (Phi) is 8.18. The van der Waals surface area contributed by atoms with E-state index in [-0.39, 0.29) is 18.7 Å². The Morgan fingerprint density at radius 3 is 2.23 bits per heavy atom. The first kappa shape index (κ1) is 27.4. The van der Waals surface area contributed by atoms with Crippen molar-refractivity contribution in [3.63, 3.8) is 0 Å². The second-order valence-corrected chi connectivity index (χ2v) is 10.1. The van der Waals surface area contributed by atoms with Gasteiger partial charge in [0.1, 0.15) is 17.3 Å². The monoisotopic (exact) mass is 546 g/mol. The maximum absolute atomic E-state index is 14.6. The second-order valence-electron chi connectivity index (χ2n) is 10.1. The number of piperazine rings is 1. The van der Waals surface area contributed by atoms with Gasteiger partial charge in [0, 0.05) is 62.4 Å². The number of aromatic nitrogens is 3. The lowest BCUT2D eigenvalue weighted by atomic mass is 10.1. The van der Waals surface area contributed by atoms with Gasteiger partial charge in [-0.1, -0.05) is 42.5 Å². The largest absolute Gasteiger partial charge is 0.363 e. The topological polar surface area (TPSA) is 89.4 Å². The van der Waals surface area contributed by atoms with Gasteiger partial charge in [0.15, 0.2) is 0 Å². The van der Waals surface area contributed by atoms with Crippen molar-refractivity contribution < 1.29 is 8.78 Å². The first-order chi connectivity index (χ1) is 19.3. The Hall–Kier alpha value is -4.15. The Labute approximate surface area is 230 Å². The van der Waals surface area contributed by atoms with Crippen LogP contribution in [0.15, 0.2) is 82.6 Å². The molecule has 4 aromatic rings. The molecule has 1 unspecified atom stereocenters. The highest BCUT2D eigenvalue weighted by atomic mass is 19.1. The highest BCUT2D eigenvalue weighted by Gasteiger charge is 2.26. The van der Waals surface area contributed by atoms with Gasteiger partial charge in [0.2, 0.25) is 0 Å². The molecular weight excluding hydrogens is 514 g/mol. The first-order valence-electron chi connectivity index (χ1n) is 13.3. The molecule has 1 aliphatic rings. The zero-order valence-electron chi connectivity index (χ0n) is 22.3. The maximum Gasteiger partial charge on any atom is 0.331 e. The van der Waals surface area contributed by atoms with E-state index in [0.29, 0.717) is 37.6 Å². The summed E-state index contributed by atoms with van der Waals surface area (Å²) in [5.74, 6) is -1.51. The van der Waals surface area contributed by atoms with Crippen LogP contribution >= 0.6 is 0 Å². The number of anilines is 1. The third-order valence-electron chi connectivity index (χ3n) is 7.46. The van der Waals surface area contributed by atoms with Crippen molar-refractivity contribution in [1.29, 1.82) is 0 Å². The number of benzene rings is 2. The summed E-state index contributed by atoms with van der Waals surface area (Å²) in [6, 6.07) is 16.1. The van der Waals surface area contributed by atoms with E-state index in [1.807, 2.05) is 53.6 Å². The highest BCUT2D eigenvalue weighted by molar-refractivity contribution is 5.50. The molecule has 5 rings (SSSR count). The van der Waals surface area contributed by atoms with Crippen molar-refractivity contribution in [1.82, 2.24) is 19.0 Å². The molecular formula is C30H32F2N6O2. The van der Waals surface area contributed by atoms with Crippen LogP contribution in [0.4, 0.5) is 14.5 Å². The fourth-order valence-electron chi connectivity index (χ4n) is 5.22. The van der Waals surface area contributed by atoms with Crippen LogP contribution in [-0.4, -0.2) is 45.2 Å². The van der Waals surface area contributed by atoms with E-state index in [1.54, 1.807) is 13.1 Å². The lowest BCUT2D eigenvalue weighted by molar-refractivity contribution is 0.249. The number of hydrogen-bond donors (Lipinski definition) is 1. The standard InChI is InChI=1S/C30H32F2N6O2/c1-21-28(36-15-13-35(14-16-36)18-22-7-6-12-34-17-22)29(39)38(20-27(33)23-8-3-2-4-9-23)30(40)37(21)19-24-25(31)10-5-11-26(24)32/h2-12,17,27H,13-16,18-20,33H2,1H3. The zero-order valence-corrected chi connectivity index (χ0v) is 22.3. The van der Waals surface area contributed by atoms with Gasteiger partial charge >= 0.3 is 5.69 Å². The predicted octanol–water partition coefficient (Wildman–Crippen LogP) is 3.06. The molecule has 40 heavy (non-hydrogen) atoms. The zero-order chi connectivity index (χ0) is 28.2. The number of nitrogens with zero attached hydrogens (tertiary/aromatic N) is 5. The normalized spacial score (nSPS) is 14.8. The van der Waals surface area contributed by atoms with E-state index in [0.717, 1.165) is 34.4 Å². The molecule has 0 amide bonds. The van der Waals surface area contributed by atoms with Crippen LogP contribution < -0.4 is 21.9 Å². The van der Waals surface area contributed by atoms with E-state index >= 15 is 0 Å². The Bertz CT molecular complexity index is 1560. The Morgan fingerprint density at radius 2 is 1.57 bits per heavy atom. The molecule has 0 aliphatic carbocycles. The average molecular weight is 547 g/mol. The summed E-state index contributed by atoms with van der Waals surface area (Å²) in [6.45, 7) is 4.45. The molecule has 8 nitrogen and oxygen atoms in total. The van der Waals surface area contributed by atoms with Crippen molar-refractivity contribution in [3.05, 3.63) is 128 Å². The van der Waals surface area contributed by atoms with Crippen molar-refractivity contribution in [2.75, 3.05) is 31.1 Å². The van der Waals surface area contributed by atoms with Crippen molar-refractivity contribution in [2.24, 2.45) is 5.73 Å². The van der Waals surface area contributed by atoms with Crippen LogP contribution in [0.5, 0.6) is 0 Å². The van der Waals surface area contributed by atoms with E-state index in [1.165, 1.54) is 10.6 Å². The minimum atomic E-state index is -0.754. The molecule has 2 N–H and O–H groups in total. The summed E-state index contributed by atoms with van der Waals surface area (Å²) in [7, 11) is 0.